The maximum atomic E-state index is 11.7. The van der Waals surface area contributed by atoms with Crippen LogP contribution >= 0.6 is 0 Å². The lowest BCUT2D eigenvalue weighted by Gasteiger charge is -2.08. The van der Waals surface area contributed by atoms with Crippen molar-refractivity contribution >= 4 is 16.0 Å². The van der Waals surface area contributed by atoms with Gasteiger partial charge in [-0.2, -0.15) is 9.97 Å². The van der Waals surface area contributed by atoms with Crippen LogP contribution in [0.3, 0.4) is 0 Å². The minimum absolute atomic E-state index is 0.0427. The molecule has 1 aromatic heterocycles. The fourth-order valence-electron chi connectivity index (χ4n) is 1.25. The van der Waals surface area contributed by atoms with Gasteiger partial charge >= 0.3 is 0 Å². The minimum atomic E-state index is -3.55. The summed E-state index contributed by atoms with van der Waals surface area (Å²) in [6.07, 6.45) is 0.774. The van der Waals surface area contributed by atoms with Crippen LogP contribution in [-0.2, 0) is 10.0 Å². The van der Waals surface area contributed by atoms with Crippen LogP contribution in [0.4, 0.5) is 5.95 Å². The number of anilines is 1. The van der Waals surface area contributed by atoms with Gasteiger partial charge in [-0.1, -0.05) is 0 Å². The van der Waals surface area contributed by atoms with Gasteiger partial charge in [0.1, 0.15) is 0 Å². The molecule has 9 heteroatoms. The number of nitrogens with one attached hydrogen (secondary N) is 1. The smallest absolute Gasteiger partial charge is 0.243 e. The standard InChI is InChI=1S/C10H17N3O5S/c1-17-8-7-9(18-2)12-10(11-8)13-19(15,16)6-4-3-5-14/h7,14H,3-6H2,1-2H3,(H,11,12,13). The summed E-state index contributed by atoms with van der Waals surface area (Å²) in [7, 11) is -0.746. The molecule has 8 nitrogen and oxygen atoms in total. The molecule has 0 atom stereocenters. The number of aromatic nitrogens is 2. The Morgan fingerprint density at radius 3 is 2.26 bits per heavy atom. The molecular weight excluding hydrogens is 274 g/mol. The lowest BCUT2D eigenvalue weighted by molar-refractivity contribution is 0.287. The number of hydrogen-bond donors (Lipinski definition) is 2. The quantitative estimate of drug-likeness (QED) is 0.649. The van der Waals surface area contributed by atoms with E-state index in [-0.39, 0.29) is 30.1 Å². The topological polar surface area (TPSA) is 111 Å². The lowest BCUT2D eigenvalue weighted by atomic mass is 10.4. The predicted molar refractivity (Wildman–Crippen MR) is 68.9 cm³/mol. The van der Waals surface area contributed by atoms with E-state index in [4.69, 9.17) is 14.6 Å². The molecule has 0 aliphatic heterocycles. The van der Waals surface area contributed by atoms with Crippen molar-refractivity contribution in [1.82, 2.24) is 9.97 Å². The molecule has 0 aromatic carbocycles. The van der Waals surface area contributed by atoms with Gasteiger partial charge in [-0.3, -0.25) is 4.72 Å². The van der Waals surface area contributed by atoms with Crippen molar-refractivity contribution in [2.75, 3.05) is 31.3 Å². The van der Waals surface area contributed by atoms with Crippen LogP contribution in [0.25, 0.3) is 0 Å². The van der Waals surface area contributed by atoms with Crippen molar-refractivity contribution in [2.24, 2.45) is 0 Å². The zero-order valence-corrected chi connectivity index (χ0v) is 11.6. The van der Waals surface area contributed by atoms with Crippen molar-refractivity contribution in [3.05, 3.63) is 6.07 Å². The first kappa shape index (κ1) is 15.4. The van der Waals surface area contributed by atoms with Gasteiger partial charge in [0.25, 0.3) is 0 Å². The number of rotatable bonds is 8. The summed E-state index contributed by atoms with van der Waals surface area (Å²) < 4.78 is 35.5. The number of nitrogens with zero attached hydrogens (tertiary/aromatic N) is 2. The largest absolute Gasteiger partial charge is 0.481 e. The fourth-order valence-corrected chi connectivity index (χ4v) is 2.31. The maximum absolute atomic E-state index is 11.7. The van der Waals surface area contributed by atoms with Crippen molar-refractivity contribution < 1.29 is 23.0 Å². The number of ether oxygens (including phenoxy) is 2. The molecule has 2 N–H and O–H groups in total. The summed E-state index contributed by atoms with van der Waals surface area (Å²) in [5.41, 5.74) is 0. The molecule has 1 heterocycles. The second-order valence-corrected chi connectivity index (χ2v) is 5.47. The number of methoxy groups -OCH3 is 2. The van der Waals surface area contributed by atoms with Gasteiger partial charge in [0, 0.05) is 6.61 Å². The zero-order chi connectivity index (χ0) is 14.3. The van der Waals surface area contributed by atoms with Gasteiger partial charge in [-0.25, -0.2) is 8.42 Å². The molecule has 0 saturated carbocycles. The van der Waals surface area contributed by atoms with Crippen LogP contribution in [-0.4, -0.2) is 50.1 Å². The number of sulfonamides is 1. The van der Waals surface area contributed by atoms with Crippen LogP contribution < -0.4 is 14.2 Å². The summed E-state index contributed by atoms with van der Waals surface area (Å²) in [5, 5.41) is 8.62. The molecule has 0 saturated heterocycles. The van der Waals surface area contributed by atoms with Gasteiger partial charge in [0.05, 0.1) is 26.0 Å². The van der Waals surface area contributed by atoms with Gasteiger partial charge in [0.2, 0.25) is 27.7 Å². The second-order valence-electron chi connectivity index (χ2n) is 3.63. The summed E-state index contributed by atoms with van der Waals surface area (Å²) in [5.74, 6) is 0.163. The summed E-state index contributed by atoms with van der Waals surface area (Å²) in [4.78, 5) is 7.72. The third-order valence-corrected chi connectivity index (χ3v) is 3.49. The number of aliphatic hydroxyl groups excluding tert-OH is 1. The maximum Gasteiger partial charge on any atom is 0.243 e. The van der Waals surface area contributed by atoms with Crippen LogP contribution in [0.2, 0.25) is 0 Å². The fraction of sp³-hybridized carbons (Fsp3) is 0.600. The molecule has 0 aliphatic carbocycles. The number of aliphatic hydroxyl groups is 1. The minimum Gasteiger partial charge on any atom is -0.481 e. The van der Waals surface area contributed by atoms with Gasteiger partial charge in [-0.15, -0.1) is 0 Å². The van der Waals surface area contributed by atoms with E-state index in [2.05, 4.69) is 14.7 Å². The van der Waals surface area contributed by atoms with E-state index in [0.29, 0.717) is 12.8 Å². The molecule has 0 unspecified atom stereocenters. The van der Waals surface area contributed by atoms with E-state index >= 15 is 0 Å². The van der Waals surface area contributed by atoms with Crippen LogP contribution in [0.15, 0.2) is 6.07 Å². The Morgan fingerprint density at radius 2 is 1.79 bits per heavy atom. The Balaban J connectivity index is 2.80. The highest BCUT2D eigenvalue weighted by molar-refractivity contribution is 7.92. The molecule has 19 heavy (non-hydrogen) atoms. The average molecular weight is 291 g/mol. The van der Waals surface area contributed by atoms with E-state index in [1.807, 2.05) is 0 Å². The van der Waals surface area contributed by atoms with E-state index in [9.17, 15) is 8.42 Å². The third-order valence-electron chi connectivity index (χ3n) is 2.17. The van der Waals surface area contributed by atoms with Gasteiger partial charge in [-0.05, 0) is 12.8 Å². The molecule has 0 amide bonds. The molecule has 0 spiro atoms. The van der Waals surface area contributed by atoms with Crippen LogP contribution in [0, 0.1) is 0 Å². The molecule has 0 fully saturated rings. The molecule has 1 rings (SSSR count). The van der Waals surface area contributed by atoms with Crippen LogP contribution in [0.1, 0.15) is 12.8 Å². The van der Waals surface area contributed by atoms with E-state index < -0.39 is 10.0 Å². The Kier molecular flexibility index (Phi) is 5.77. The Bertz CT molecular complexity index is 484. The molecule has 0 aliphatic rings. The van der Waals surface area contributed by atoms with Gasteiger partial charge in [0.15, 0.2) is 0 Å². The highest BCUT2D eigenvalue weighted by atomic mass is 32.2. The van der Waals surface area contributed by atoms with E-state index in [1.54, 1.807) is 0 Å². The zero-order valence-electron chi connectivity index (χ0n) is 10.8. The van der Waals surface area contributed by atoms with Crippen LogP contribution in [0.5, 0.6) is 11.8 Å². The first-order valence-electron chi connectivity index (χ1n) is 5.59. The van der Waals surface area contributed by atoms with Crippen molar-refractivity contribution in [3.63, 3.8) is 0 Å². The summed E-state index contributed by atoms with van der Waals surface area (Å²) >= 11 is 0. The molecule has 108 valence electrons. The SMILES string of the molecule is COc1cc(OC)nc(NS(=O)(=O)CCCCO)n1. The number of hydrogen-bond acceptors (Lipinski definition) is 7. The van der Waals surface area contributed by atoms with Crippen molar-refractivity contribution in [1.29, 1.82) is 0 Å². The molecule has 0 bridgehead atoms. The second kappa shape index (κ2) is 7.10. The van der Waals surface area contributed by atoms with E-state index in [0.717, 1.165) is 0 Å². The predicted octanol–water partition coefficient (Wildman–Crippen LogP) is 0.00800. The molecule has 1 aromatic rings. The van der Waals surface area contributed by atoms with Crippen molar-refractivity contribution in [2.45, 2.75) is 12.8 Å². The molecular formula is C10H17N3O5S. The normalized spacial score (nSPS) is 11.1. The molecule has 0 radical (unpaired) electrons. The van der Waals surface area contributed by atoms with E-state index in [1.165, 1.54) is 20.3 Å². The lowest BCUT2D eigenvalue weighted by Crippen LogP contribution is -2.19. The Hall–Kier alpha value is -1.61. The number of unbranched alkanes of at least 4 members (excludes halogenated alkanes) is 1. The summed E-state index contributed by atoms with van der Waals surface area (Å²) in [6.45, 7) is -0.0427. The average Bonchev–Trinajstić information content (AvgIpc) is 2.37. The summed E-state index contributed by atoms with van der Waals surface area (Å²) in [6, 6.07) is 1.43. The van der Waals surface area contributed by atoms with Gasteiger partial charge < -0.3 is 14.6 Å². The third kappa shape index (κ3) is 5.26. The van der Waals surface area contributed by atoms with Crippen molar-refractivity contribution in [3.8, 4) is 11.8 Å². The first-order chi connectivity index (χ1) is 9.00. The monoisotopic (exact) mass is 291 g/mol. The highest BCUT2D eigenvalue weighted by Crippen LogP contribution is 2.18. The Labute approximate surface area is 111 Å². The Morgan fingerprint density at radius 1 is 1.21 bits per heavy atom. The highest BCUT2D eigenvalue weighted by Gasteiger charge is 2.14. The first-order valence-corrected chi connectivity index (χ1v) is 7.24.